The molecule has 2 aromatic heterocycles. The highest BCUT2D eigenvalue weighted by atomic mass is 16.5. The van der Waals surface area contributed by atoms with Crippen molar-refractivity contribution in [1.29, 1.82) is 0 Å². The van der Waals surface area contributed by atoms with Crippen LogP contribution in [0.25, 0.3) is 11.0 Å². The molecule has 3 rings (SSSR count). The average molecular weight is 413 g/mol. The van der Waals surface area contributed by atoms with Crippen LogP contribution < -0.4 is 10.1 Å². The number of nitrogens with zero attached hydrogens (tertiary/aromatic N) is 1. The Morgan fingerprint density at radius 3 is 2.77 bits per heavy atom. The van der Waals surface area contributed by atoms with E-state index in [1.54, 1.807) is 12.3 Å². The summed E-state index contributed by atoms with van der Waals surface area (Å²) in [7, 11) is 0. The molecule has 0 fully saturated rings. The van der Waals surface area contributed by atoms with Crippen LogP contribution in [-0.2, 0) is 24.2 Å². The van der Waals surface area contributed by atoms with Gasteiger partial charge in [-0.05, 0) is 48.9 Å². The molecule has 1 N–H and O–H groups in total. The van der Waals surface area contributed by atoms with Crippen molar-refractivity contribution in [2.75, 3.05) is 6.61 Å². The summed E-state index contributed by atoms with van der Waals surface area (Å²) in [6.07, 6.45) is 5.35. The number of hydrogen-bond acceptors (Lipinski definition) is 5. The molecule has 2 heterocycles. The number of amides is 1. The predicted octanol–water partition coefficient (Wildman–Crippen LogP) is 5.44. The van der Waals surface area contributed by atoms with E-state index in [-0.39, 0.29) is 11.3 Å². The molecule has 6 nitrogen and oxygen atoms in total. The van der Waals surface area contributed by atoms with E-state index in [1.807, 2.05) is 18.2 Å². The van der Waals surface area contributed by atoms with Crippen molar-refractivity contribution >= 4 is 16.9 Å². The van der Waals surface area contributed by atoms with Crippen LogP contribution in [0.15, 0.2) is 39.5 Å². The number of carbonyl (C=O) groups is 1. The van der Waals surface area contributed by atoms with Crippen LogP contribution in [0.2, 0.25) is 0 Å². The van der Waals surface area contributed by atoms with Gasteiger partial charge >= 0.3 is 0 Å². The second-order valence-corrected chi connectivity index (χ2v) is 8.84. The molecule has 162 valence electrons. The molecule has 0 spiro atoms. The maximum atomic E-state index is 12.0. The van der Waals surface area contributed by atoms with Crippen molar-refractivity contribution in [1.82, 2.24) is 10.5 Å². The molecule has 1 amide bonds. The lowest BCUT2D eigenvalue weighted by Gasteiger charge is -2.16. The molecular weight excluding hydrogens is 380 g/mol. The summed E-state index contributed by atoms with van der Waals surface area (Å²) in [5.41, 5.74) is 3.02. The van der Waals surface area contributed by atoms with E-state index in [9.17, 15) is 4.79 Å². The number of nitrogens with one attached hydrogen (secondary N) is 1. The molecular formula is C24H32N2O4. The Kier molecular flexibility index (Phi) is 7.19. The van der Waals surface area contributed by atoms with Crippen LogP contribution in [0.3, 0.4) is 0 Å². The first-order valence-electron chi connectivity index (χ1n) is 10.7. The Labute approximate surface area is 177 Å². The van der Waals surface area contributed by atoms with Gasteiger partial charge in [0.25, 0.3) is 0 Å². The van der Waals surface area contributed by atoms with Crippen molar-refractivity contribution in [3.8, 4) is 5.75 Å². The van der Waals surface area contributed by atoms with Gasteiger partial charge in [0, 0.05) is 17.4 Å². The van der Waals surface area contributed by atoms with E-state index in [1.165, 1.54) is 0 Å². The summed E-state index contributed by atoms with van der Waals surface area (Å²) in [5, 5.41) is 8.25. The molecule has 0 bridgehead atoms. The second kappa shape index (κ2) is 9.83. The van der Waals surface area contributed by atoms with Crippen LogP contribution >= 0.6 is 0 Å². The van der Waals surface area contributed by atoms with Crippen LogP contribution in [0.1, 0.15) is 64.0 Å². The molecule has 0 aliphatic rings. The molecule has 0 unspecified atom stereocenters. The molecule has 30 heavy (non-hydrogen) atoms. The van der Waals surface area contributed by atoms with E-state index >= 15 is 0 Å². The van der Waals surface area contributed by atoms with Crippen molar-refractivity contribution in [2.24, 2.45) is 5.41 Å². The van der Waals surface area contributed by atoms with Crippen molar-refractivity contribution in [2.45, 2.75) is 66.3 Å². The number of carbonyl (C=O) groups excluding carboxylic acids is 1. The Morgan fingerprint density at radius 1 is 1.23 bits per heavy atom. The van der Waals surface area contributed by atoms with Gasteiger partial charge in [0.2, 0.25) is 5.91 Å². The first-order chi connectivity index (χ1) is 14.4. The number of ether oxygens (including phenoxy) is 1. The van der Waals surface area contributed by atoms with Gasteiger partial charge in [0.15, 0.2) is 5.58 Å². The van der Waals surface area contributed by atoms with Crippen LogP contribution in [0.5, 0.6) is 5.75 Å². The van der Waals surface area contributed by atoms with Gasteiger partial charge in [-0.15, -0.1) is 0 Å². The van der Waals surface area contributed by atoms with E-state index in [0.717, 1.165) is 53.0 Å². The zero-order valence-electron chi connectivity index (χ0n) is 18.4. The van der Waals surface area contributed by atoms with Gasteiger partial charge in [0.05, 0.1) is 25.1 Å². The Morgan fingerprint density at radius 2 is 2.07 bits per heavy atom. The van der Waals surface area contributed by atoms with Crippen molar-refractivity contribution in [3.63, 3.8) is 0 Å². The van der Waals surface area contributed by atoms with E-state index < -0.39 is 0 Å². The van der Waals surface area contributed by atoms with Gasteiger partial charge < -0.3 is 19.0 Å². The third-order valence-corrected chi connectivity index (χ3v) is 4.82. The van der Waals surface area contributed by atoms with Crippen molar-refractivity contribution in [3.05, 3.63) is 47.5 Å². The number of aromatic nitrogens is 1. The van der Waals surface area contributed by atoms with Gasteiger partial charge in [-0.3, -0.25) is 4.79 Å². The van der Waals surface area contributed by atoms with Crippen molar-refractivity contribution < 1.29 is 18.5 Å². The zero-order chi connectivity index (χ0) is 21.6. The Balaban J connectivity index is 1.58. The van der Waals surface area contributed by atoms with Crippen LogP contribution in [0, 0.1) is 5.41 Å². The quantitative estimate of drug-likeness (QED) is 0.449. The van der Waals surface area contributed by atoms with Crippen LogP contribution in [0.4, 0.5) is 0 Å². The summed E-state index contributed by atoms with van der Waals surface area (Å²) in [6, 6.07) is 7.69. The summed E-state index contributed by atoms with van der Waals surface area (Å²) in [5.74, 6) is 1.55. The molecule has 0 saturated heterocycles. The highest BCUT2D eigenvalue weighted by Crippen LogP contribution is 2.33. The zero-order valence-corrected chi connectivity index (χ0v) is 18.4. The summed E-state index contributed by atoms with van der Waals surface area (Å²) < 4.78 is 17.0. The summed E-state index contributed by atoms with van der Waals surface area (Å²) in [4.78, 5) is 12.0. The maximum absolute atomic E-state index is 12.0. The largest absolute Gasteiger partial charge is 0.493 e. The SMILES string of the molecule is CCCc1c(OCCCC(=O)NCc2ccco2)ccc2c(CC(C)(C)C)noc12. The number of hydrogen-bond donors (Lipinski definition) is 1. The third-order valence-electron chi connectivity index (χ3n) is 4.82. The number of fused-ring (bicyclic) bond motifs is 1. The van der Waals surface area contributed by atoms with Gasteiger partial charge in [-0.1, -0.05) is 39.3 Å². The number of rotatable bonds is 10. The van der Waals surface area contributed by atoms with Gasteiger partial charge in [-0.25, -0.2) is 0 Å². The highest BCUT2D eigenvalue weighted by Gasteiger charge is 2.20. The second-order valence-electron chi connectivity index (χ2n) is 8.84. The summed E-state index contributed by atoms with van der Waals surface area (Å²) in [6.45, 7) is 9.61. The van der Waals surface area contributed by atoms with E-state index in [2.05, 4.69) is 38.2 Å². The smallest absolute Gasteiger partial charge is 0.220 e. The number of benzene rings is 1. The standard InChI is InChI=1S/C24H32N2O4/c1-5-8-19-21(12-11-18-20(15-24(2,3)4)26-30-23(18)19)29-14-7-10-22(27)25-16-17-9-6-13-28-17/h6,9,11-13H,5,7-8,10,14-16H2,1-4H3,(H,25,27). The fourth-order valence-corrected chi connectivity index (χ4v) is 3.45. The first-order valence-corrected chi connectivity index (χ1v) is 10.7. The molecule has 0 atom stereocenters. The fourth-order valence-electron chi connectivity index (χ4n) is 3.45. The number of aryl methyl sites for hydroxylation is 1. The minimum atomic E-state index is -0.0127. The predicted molar refractivity (Wildman–Crippen MR) is 116 cm³/mol. The molecule has 6 heteroatoms. The van der Waals surface area contributed by atoms with Gasteiger partial charge in [-0.2, -0.15) is 0 Å². The Hall–Kier alpha value is -2.76. The monoisotopic (exact) mass is 412 g/mol. The Bertz CT molecular complexity index is 952. The maximum Gasteiger partial charge on any atom is 0.220 e. The topological polar surface area (TPSA) is 77.5 Å². The molecule has 0 radical (unpaired) electrons. The molecule has 0 aliphatic carbocycles. The fraction of sp³-hybridized carbons (Fsp3) is 0.500. The third kappa shape index (κ3) is 5.88. The minimum Gasteiger partial charge on any atom is -0.493 e. The molecule has 0 aliphatic heterocycles. The lowest BCUT2D eigenvalue weighted by atomic mass is 9.89. The average Bonchev–Trinajstić information content (AvgIpc) is 3.34. The highest BCUT2D eigenvalue weighted by molar-refractivity contribution is 5.84. The summed E-state index contributed by atoms with van der Waals surface area (Å²) >= 11 is 0. The molecule has 3 aromatic rings. The number of furan rings is 1. The molecule has 1 aromatic carbocycles. The normalized spacial score (nSPS) is 11.7. The van der Waals surface area contributed by atoms with E-state index in [0.29, 0.717) is 26.0 Å². The lowest BCUT2D eigenvalue weighted by molar-refractivity contribution is -0.121. The van der Waals surface area contributed by atoms with Crippen LogP contribution in [-0.4, -0.2) is 17.7 Å². The van der Waals surface area contributed by atoms with Gasteiger partial charge in [0.1, 0.15) is 11.5 Å². The van der Waals surface area contributed by atoms with E-state index in [4.69, 9.17) is 13.7 Å². The minimum absolute atomic E-state index is 0.0127. The first kappa shape index (κ1) is 21.9. The lowest BCUT2D eigenvalue weighted by Crippen LogP contribution is -2.22. The molecule has 0 saturated carbocycles.